The number of hydrogen-bond acceptors (Lipinski definition) is 4. The number of carbonyl (C=O) groups excluding carboxylic acids is 1. The molecule has 0 atom stereocenters. The fraction of sp³-hybridized carbons (Fsp3) is 0.500. The number of carbonyl (C=O) groups is 1. The van der Waals surface area contributed by atoms with Gasteiger partial charge >= 0.3 is 0 Å². The molecule has 1 amide bonds. The molecule has 1 aromatic rings. The summed E-state index contributed by atoms with van der Waals surface area (Å²) in [5.74, 6) is 1.20. The van der Waals surface area contributed by atoms with Crippen molar-refractivity contribution in [3.63, 3.8) is 0 Å². The lowest BCUT2D eigenvalue weighted by Gasteiger charge is -2.40. The van der Waals surface area contributed by atoms with Crippen molar-refractivity contribution in [1.82, 2.24) is 5.32 Å². The molecule has 5 nitrogen and oxygen atoms in total. The van der Waals surface area contributed by atoms with E-state index in [2.05, 4.69) is 5.32 Å². The maximum absolute atomic E-state index is 13.6. The third-order valence-electron chi connectivity index (χ3n) is 3.86. The lowest BCUT2D eigenvalue weighted by Crippen LogP contribution is -2.49. The van der Waals surface area contributed by atoms with Gasteiger partial charge in [-0.25, -0.2) is 4.39 Å². The van der Waals surface area contributed by atoms with Gasteiger partial charge in [0, 0.05) is 18.7 Å². The standard InChI is InChI=1S/C14H17FN2O3/c15-14(7-16)4-9(5-14)6-17-13(18)10-1-2-11-12(3-10)20-8-19-11/h1-3,9H,4-8,16H2,(H,17,18). The number of fused-ring (bicyclic) bond motifs is 1. The summed E-state index contributed by atoms with van der Waals surface area (Å²) in [6.07, 6.45) is 0.843. The van der Waals surface area contributed by atoms with Crippen LogP contribution in [0.25, 0.3) is 0 Å². The van der Waals surface area contributed by atoms with E-state index in [1.165, 1.54) is 0 Å². The number of benzene rings is 1. The van der Waals surface area contributed by atoms with Crippen LogP contribution in [0.4, 0.5) is 4.39 Å². The van der Waals surface area contributed by atoms with E-state index in [4.69, 9.17) is 15.2 Å². The Morgan fingerprint density at radius 1 is 1.40 bits per heavy atom. The molecule has 1 aliphatic heterocycles. The molecule has 0 saturated heterocycles. The first-order valence-corrected chi connectivity index (χ1v) is 6.66. The zero-order valence-electron chi connectivity index (χ0n) is 11.0. The average Bonchev–Trinajstić information content (AvgIpc) is 2.89. The Labute approximate surface area is 116 Å². The van der Waals surface area contributed by atoms with Crippen molar-refractivity contribution in [3.8, 4) is 11.5 Å². The zero-order valence-corrected chi connectivity index (χ0v) is 11.0. The molecule has 1 saturated carbocycles. The first kappa shape index (κ1) is 13.2. The van der Waals surface area contributed by atoms with E-state index in [1.54, 1.807) is 18.2 Å². The fourth-order valence-corrected chi connectivity index (χ4v) is 2.66. The minimum Gasteiger partial charge on any atom is -0.454 e. The maximum atomic E-state index is 13.6. The highest BCUT2D eigenvalue weighted by atomic mass is 19.1. The van der Waals surface area contributed by atoms with Crippen LogP contribution in [-0.4, -0.2) is 31.5 Å². The van der Waals surface area contributed by atoms with Crippen LogP contribution in [0.2, 0.25) is 0 Å². The molecule has 0 bridgehead atoms. The fourth-order valence-electron chi connectivity index (χ4n) is 2.66. The molecule has 1 aliphatic carbocycles. The van der Waals surface area contributed by atoms with Gasteiger partial charge in [0.15, 0.2) is 11.5 Å². The molecule has 1 heterocycles. The van der Waals surface area contributed by atoms with E-state index >= 15 is 0 Å². The van der Waals surface area contributed by atoms with Crippen LogP contribution in [0.1, 0.15) is 23.2 Å². The van der Waals surface area contributed by atoms with Crippen molar-refractivity contribution in [2.45, 2.75) is 18.5 Å². The van der Waals surface area contributed by atoms with Crippen molar-refractivity contribution in [1.29, 1.82) is 0 Å². The van der Waals surface area contributed by atoms with Crippen LogP contribution < -0.4 is 20.5 Å². The third-order valence-corrected chi connectivity index (χ3v) is 3.86. The number of alkyl halides is 1. The van der Waals surface area contributed by atoms with Crippen LogP contribution in [0.5, 0.6) is 11.5 Å². The van der Waals surface area contributed by atoms with Crippen LogP contribution >= 0.6 is 0 Å². The van der Waals surface area contributed by atoms with Gasteiger partial charge in [0.2, 0.25) is 6.79 Å². The first-order chi connectivity index (χ1) is 9.59. The number of halogens is 1. The lowest BCUT2D eigenvalue weighted by molar-refractivity contribution is 0.0161. The summed E-state index contributed by atoms with van der Waals surface area (Å²) in [7, 11) is 0. The summed E-state index contributed by atoms with van der Waals surface area (Å²) in [5, 5.41) is 2.81. The van der Waals surface area contributed by atoms with Gasteiger partial charge in [0.05, 0.1) is 0 Å². The Bertz CT molecular complexity index is 529. The second-order valence-electron chi connectivity index (χ2n) is 5.41. The minimum absolute atomic E-state index is 0.0552. The van der Waals surface area contributed by atoms with Gasteiger partial charge in [-0.1, -0.05) is 0 Å². The van der Waals surface area contributed by atoms with Crippen LogP contribution in [-0.2, 0) is 0 Å². The van der Waals surface area contributed by atoms with E-state index < -0.39 is 5.67 Å². The van der Waals surface area contributed by atoms with Crippen LogP contribution in [0.15, 0.2) is 18.2 Å². The van der Waals surface area contributed by atoms with Gasteiger partial charge in [0.25, 0.3) is 5.91 Å². The number of hydrogen-bond donors (Lipinski definition) is 2. The van der Waals surface area contributed by atoms with E-state index in [-0.39, 0.29) is 25.2 Å². The normalized spacial score (nSPS) is 27.0. The summed E-state index contributed by atoms with van der Waals surface area (Å²) in [5.41, 5.74) is 4.63. The van der Waals surface area contributed by atoms with Gasteiger partial charge < -0.3 is 20.5 Å². The highest BCUT2D eigenvalue weighted by Gasteiger charge is 2.43. The van der Waals surface area contributed by atoms with E-state index in [0.717, 1.165) is 0 Å². The predicted octanol–water partition coefficient (Wildman–Crippen LogP) is 1.22. The number of nitrogens with two attached hydrogens (primary N) is 1. The predicted molar refractivity (Wildman–Crippen MR) is 70.5 cm³/mol. The van der Waals surface area contributed by atoms with Gasteiger partial charge in [-0.3, -0.25) is 4.79 Å². The van der Waals surface area contributed by atoms with Crippen molar-refractivity contribution in [2.75, 3.05) is 19.9 Å². The van der Waals surface area contributed by atoms with Gasteiger partial charge in [0.1, 0.15) is 5.67 Å². The SMILES string of the molecule is NCC1(F)CC(CNC(=O)c2ccc3c(c2)OCO3)C1. The summed E-state index contributed by atoms with van der Waals surface area (Å²) >= 11 is 0. The van der Waals surface area contributed by atoms with Gasteiger partial charge in [-0.15, -0.1) is 0 Å². The second-order valence-corrected chi connectivity index (χ2v) is 5.41. The molecule has 108 valence electrons. The molecule has 1 aromatic carbocycles. The van der Waals surface area contributed by atoms with Crippen molar-refractivity contribution < 1.29 is 18.7 Å². The molecule has 1 fully saturated rings. The number of ether oxygens (including phenoxy) is 2. The summed E-state index contributed by atoms with van der Waals surface area (Å²) in [4.78, 5) is 12.0. The Kier molecular flexibility index (Phi) is 3.25. The monoisotopic (exact) mass is 280 g/mol. The topological polar surface area (TPSA) is 73.6 Å². The Morgan fingerprint density at radius 3 is 2.90 bits per heavy atom. The molecular weight excluding hydrogens is 263 g/mol. The summed E-state index contributed by atoms with van der Waals surface area (Å²) in [6, 6.07) is 5.04. The maximum Gasteiger partial charge on any atom is 0.251 e. The smallest absolute Gasteiger partial charge is 0.251 e. The van der Waals surface area contributed by atoms with E-state index in [1.807, 2.05) is 0 Å². The zero-order chi connectivity index (χ0) is 14.2. The molecule has 20 heavy (non-hydrogen) atoms. The number of rotatable bonds is 4. The largest absolute Gasteiger partial charge is 0.454 e. The van der Waals surface area contributed by atoms with Gasteiger partial charge in [-0.2, -0.15) is 0 Å². The highest BCUT2D eigenvalue weighted by Crippen LogP contribution is 2.40. The first-order valence-electron chi connectivity index (χ1n) is 6.66. The quantitative estimate of drug-likeness (QED) is 0.869. The molecular formula is C14H17FN2O3. The van der Waals surface area contributed by atoms with E-state index in [0.29, 0.717) is 36.4 Å². The average molecular weight is 280 g/mol. The summed E-state index contributed by atoms with van der Waals surface area (Å²) < 4.78 is 24.0. The Hall–Kier alpha value is -1.82. The second kappa shape index (κ2) is 4.94. The van der Waals surface area contributed by atoms with Crippen LogP contribution in [0, 0.1) is 5.92 Å². The molecule has 0 radical (unpaired) electrons. The minimum atomic E-state index is -1.23. The molecule has 3 rings (SSSR count). The Balaban J connectivity index is 1.53. The Morgan fingerprint density at radius 2 is 2.15 bits per heavy atom. The van der Waals surface area contributed by atoms with E-state index in [9.17, 15) is 9.18 Å². The molecule has 0 unspecified atom stereocenters. The van der Waals surface area contributed by atoms with Crippen molar-refractivity contribution in [3.05, 3.63) is 23.8 Å². The van der Waals surface area contributed by atoms with Crippen molar-refractivity contribution in [2.24, 2.45) is 11.7 Å². The molecule has 0 spiro atoms. The lowest BCUT2D eigenvalue weighted by atomic mass is 9.72. The van der Waals surface area contributed by atoms with Crippen LogP contribution in [0.3, 0.4) is 0 Å². The molecule has 3 N–H and O–H groups in total. The van der Waals surface area contributed by atoms with Gasteiger partial charge in [-0.05, 0) is 37.0 Å². The molecule has 2 aliphatic rings. The third kappa shape index (κ3) is 2.43. The summed E-state index contributed by atoms with van der Waals surface area (Å²) in [6.45, 7) is 0.707. The highest BCUT2D eigenvalue weighted by molar-refractivity contribution is 5.94. The number of amides is 1. The number of nitrogens with one attached hydrogen (secondary N) is 1. The molecule has 6 heteroatoms. The van der Waals surface area contributed by atoms with Crippen molar-refractivity contribution >= 4 is 5.91 Å². The molecule has 0 aromatic heterocycles.